The van der Waals surface area contributed by atoms with Crippen LogP contribution in [-0.4, -0.2) is 38.3 Å². The molecule has 172 valence electrons. The lowest BCUT2D eigenvalue weighted by molar-refractivity contribution is -0.115. The van der Waals surface area contributed by atoms with Gasteiger partial charge < -0.3 is 10.2 Å². The van der Waals surface area contributed by atoms with Gasteiger partial charge in [0.05, 0.1) is 6.42 Å². The standard InChI is InChI=1S/C25H27N3O3S2/c29-24(17-21-11-12-25(32-21)33(30,31)28-14-5-6-15-28)26-22-9-3-1-8-20(22)18-27-16-13-19-7-2-4-10-23(19)27/h1-4,7-12H,5-6,13-18H2,(H,26,29). The smallest absolute Gasteiger partial charge is 0.252 e. The van der Waals surface area contributed by atoms with E-state index in [9.17, 15) is 13.2 Å². The molecule has 1 aromatic heterocycles. The van der Waals surface area contributed by atoms with Gasteiger partial charge in [-0.15, -0.1) is 11.3 Å². The molecule has 1 amide bonds. The summed E-state index contributed by atoms with van der Waals surface area (Å²) < 4.78 is 27.4. The molecule has 1 N–H and O–H groups in total. The minimum Gasteiger partial charge on any atom is -0.367 e. The number of thiophene rings is 1. The van der Waals surface area contributed by atoms with Crippen LogP contribution < -0.4 is 10.2 Å². The summed E-state index contributed by atoms with van der Waals surface area (Å²) in [6.07, 6.45) is 3.00. The minimum atomic E-state index is -3.44. The maximum Gasteiger partial charge on any atom is 0.252 e. The molecule has 3 aromatic rings. The van der Waals surface area contributed by atoms with Crippen molar-refractivity contribution in [1.82, 2.24) is 4.31 Å². The second-order valence-corrected chi connectivity index (χ2v) is 11.8. The molecule has 1 fully saturated rings. The molecule has 0 unspecified atom stereocenters. The molecular weight excluding hydrogens is 454 g/mol. The van der Waals surface area contributed by atoms with Gasteiger partial charge in [0.1, 0.15) is 4.21 Å². The van der Waals surface area contributed by atoms with E-state index >= 15 is 0 Å². The van der Waals surface area contributed by atoms with Crippen molar-refractivity contribution in [3.8, 4) is 0 Å². The molecule has 0 spiro atoms. The number of nitrogens with zero attached hydrogens (tertiary/aromatic N) is 2. The Morgan fingerprint density at radius 1 is 0.939 bits per heavy atom. The number of fused-ring (bicyclic) bond motifs is 1. The third-order valence-electron chi connectivity index (χ3n) is 6.27. The first-order valence-electron chi connectivity index (χ1n) is 11.3. The number of anilines is 2. The summed E-state index contributed by atoms with van der Waals surface area (Å²) in [5, 5.41) is 3.04. The predicted octanol–water partition coefficient (Wildman–Crippen LogP) is 4.28. The third kappa shape index (κ3) is 4.69. The van der Waals surface area contributed by atoms with E-state index in [1.54, 1.807) is 12.1 Å². The van der Waals surface area contributed by atoms with Gasteiger partial charge >= 0.3 is 0 Å². The fourth-order valence-corrected chi connectivity index (χ4v) is 7.58. The molecule has 5 rings (SSSR count). The van der Waals surface area contributed by atoms with Crippen LogP contribution in [0, 0.1) is 0 Å². The molecular formula is C25H27N3O3S2. The van der Waals surface area contributed by atoms with Crippen molar-refractivity contribution < 1.29 is 13.2 Å². The second-order valence-electron chi connectivity index (χ2n) is 8.51. The van der Waals surface area contributed by atoms with Crippen molar-refractivity contribution in [2.24, 2.45) is 0 Å². The molecule has 0 saturated carbocycles. The number of carbonyl (C=O) groups is 1. The van der Waals surface area contributed by atoms with E-state index in [0.29, 0.717) is 17.3 Å². The number of para-hydroxylation sites is 2. The van der Waals surface area contributed by atoms with Gasteiger partial charge in [0, 0.05) is 42.4 Å². The number of amides is 1. The highest BCUT2D eigenvalue weighted by atomic mass is 32.2. The summed E-state index contributed by atoms with van der Waals surface area (Å²) in [4.78, 5) is 15.9. The fraction of sp³-hybridized carbons (Fsp3) is 0.320. The quantitative estimate of drug-likeness (QED) is 0.547. The van der Waals surface area contributed by atoms with Crippen LogP contribution in [0.4, 0.5) is 11.4 Å². The van der Waals surface area contributed by atoms with Crippen molar-refractivity contribution in [2.45, 2.75) is 36.4 Å². The molecule has 1 saturated heterocycles. The van der Waals surface area contributed by atoms with Gasteiger partial charge in [-0.05, 0) is 54.7 Å². The van der Waals surface area contributed by atoms with Crippen LogP contribution in [-0.2, 0) is 34.2 Å². The second kappa shape index (κ2) is 9.29. The van der Waals surface area contributed by atoms with E-state index in [0.717, 1.165) is 48.5 Å². The van der Waals surface area contributed by atoms with Gasteiger partial charge in [-0.3, -0.25) is 4.79 Å². The first-order valence-corrected chi connectivity index (χ1v) is 13.6. The molecule has 8 heteroatoms. The van der Waals surface area contributed by atoms with Crippen LogP contribution in [0.5, 0.6) is 0 Å². The monoisotopic (exact) mass is 481 g/mol. The number of nitrogens with one attached hydrogen (secondary N) is 1. The Bertz CT molecular complexity index is 1260. The van der Waals surface area contributed by atoms with E-state index in [1.807, 2.05) is 24.3 Å². The highest BCUT2D eigenvalue weighted by molar-refractivity contribution is 7.91. The molecule has 3 heterocycles. The first-order chi connectivity index (χ1) is 16.0. The normalized spacial score (nSPS) is 16.2. The highest BCUT2D eigenvalue weighted by Crippen LogP contribution is 2.31. The first kappa shape index (κ1) is 22.1. The van der Waals surface area contributed by atoms with Gasteiger partial charge in [0.2, 0.25) is 5.91 Å². The molecule has 33 heavy (non-hydrogen) atoms. The average Bonchev–Trinajstić information content (AvgIpc) is 3.57. The number of hydrogen-bond acceptors (Lipinski definition) is 5. The fourth-order valence-electron chi connectivity index (χ4n) is 4.56. The Balaban J connectivity index is 1.26. The highest BCUT2D eigenvalue weighted by Gasteiger charge is 2.28. The molecule has 2 aliphatic heterocycles. The average molecular weight is 482 g/mol. The van der Waals surface area contributed by atoms with Crippen LogP contribution in [0.25, 0.3) is 0 Å². The van der Waals surface area contributed by atoms with Crippen molar-refractivity contribution in [1.29, 1.82) is 0 Å². The number of rotatable bonds is 7. The Kier molecular flexibility index (Phi) is 6.23. The summed E-state index contributed by atoms with van der Waals surface area (Å²) in [5.74, 6) is -0.142. The number of carbonyl (C=O) groups excluding carboxylic acids is 1. The van der Waals surface area contributed by atoms with Crippen molar-refractivity contribution in [3.63, 3.8) is 0 Å². The number of benzene rings is 2. The van der Waals surface area contributed by atoms with Crippen LogP contribution in [0.1, 0.15) is 28.8 Å². The topological polar surface area (TPSA) is 69.7 Å². The Morgan fingerprint density at radius 2 is 1.70 bits per heavy atom. The van der Waals surface area contributed by atoms with Crippen LogP contribution >= 0.6 is 11.3 Å². The minimum absolute atomic E-state index is 0.142. The maximum absolute atomic E-state index is 12.8. The van der Waals surface area contributed by atoms with Crippen LogP contribution in [0.15, 0.2) is 64.9 Å². The summed E-state index contributed by atoms with van der Waals surface area (Å²) >= 11 is 1.19. The molecule has 0 aliphatic carbocycles. The van der Waals surface area contributed by atoms with Crippen molar-refractivity contribution in [2.75, 3.05) is 29.9 Å². The number of sulfonamides is 1. The predicted molar refractivity (Wildman–Crippen MR) is 132 cm³/mol. The zero-order chi connectivity index (χ0) is 22.8. The van der Waals surface area contributed by atoms with Gasteiger partial charge in [-0.2, -0.15) is 4.31 Å². The molecule has 6 nitrogen and oxygen atoms in total. The maximum atomic E-state index is 12.8. The Morgan fingerprint density at radius 3 is 2.55 bits per heavy atom. The lowest BCUT2D eigenvalue weighted by Crippen LogP contribution is -2.27. The van der Waals surface area contributed by atoms with Gasteiger partial charge in [-0.1, -0.05) is 36.4 Å². The van der Waals surface area contributed by atoms with Crippen molar-refractivity contribution in [3.05, 3.63) is 76.7 Å². The van der Waals surface area contributed by atoms with Crippen LogP contribution in [0.3, 0.4) is 0 Å². The Labute approximate surface area is 198 Å². The van der Waals surface area contributed by atoms with E-state index in [4.69, 9.17) is 0 Å². The summed E-state index contributed by atoms with van der Waals surface area (Å²) in [6, 6.07) is 19.7. The Hall–Kier alpha value is -2.68. The van der Waals surface area contributed by atoms with Gasteiger partial charge in [0.25, 0.3) is 10.0 Å². The number of hydrogen-bond donors (Lipinski definition) is 1. The molecule has 0 atom stereocenters. The van der Waals surface area contributed by atoms with E-state index in [2.05, 4.69) is 34.5 Å². The zero-order valence-electron chi connectivity index (χ0n) is 18.4. The third-order valence-corrected chi connectivity index (χ3v) is 9.72. The van der Waals surface area contributed by atoms with E-state index < -0.39 is 10.0 Å². The molecule has 0 radical (unpaired) electrons. The SMILES string of the molecule is O=C(Cc1ccc(S(=O)(=O)N2CCCC2)s1)Nc1ccccc1CN1CCc2ccccc21. The van der Waals surface area contributed by atoms with Crippen molar-refractivity contribution >= 4 is 38.6 Å². The lowest BCUT2D eigenvalue weighted by Gasteiger charge is -2.21. The van der Waals surface area contributed by atoms with Crippen LogP contribution in [0.2, 0.25) is 0 Å². The van der Waals surface area contributed by atoms with Gasteiger partial charge in [0.15, 0.2) is 0 Å². The van der Waals surface area contributed by atoms with Gasteiger partial charge in [-0.25, -0.2) is 8.42 Å². The van der Waals surface area contributed by atoms with E-state index in [1.165, 1.54) is 26.9 Å². The zero-order valence-corrected chi connectivity index (χ0v) is 20.0. The molecule has 2 aliphatic rings. The largest absolute Gasteiger partial charge is 0.367 e. The summed E-state index contributed by atoms with van der Waals surface area (Å²) in [7, 11) is -3.44. The van der Waals surface area contributed by atoms with E-state index in [-0.39, 0.29) is 12.3 Å². The lowest BCUT2D eigenvalue weighted by atomic mass is 10.1. The molecule has 2 aromatic carbocycles. The summed E-state index contributed by atoms with van der Waals surface area (Å²) in [6.45, 7) is 2.85. The summed E-state index contributed by atoms with van der Waals surface area (Å²) in [5.41, 5.74) is 4.47. The molecule has 0 bridgehead atoms.